The number of anilines is 3. The van der Waals surface area contributed by atoms with Gasteiger partial charge < -0.3 is 20.5 Å². The van der Waals surface area contributed by atoms with Crippen molar-refractivity contribution in [2.24, 2.45) is 5.92 Å². The number of alkyl halides is 3. The fourth-order valence-electron chi connectivity index (χ4n) is 2.89. The van der Waals surface area contributed by atoms with E-state index in [-0.39, 0.29) is 30.3 Å². The minimum Gasteiger partial charge on any atom is -0.406 e. The van der Waals surface area contributed by atoms with Gasteiger partial charge in [0.05, 0.1) is 28.4 Å². The molecule has 176 valence electrons. The molecular weight excluding hydrogens is 480 g/mol. The molecule has 0 aliphatic rings. The Morgan fingerprint density at radius 2 is 1.79 bits per heavy atom. The summed E-state index contributed by atoms with van der Waals surface area (Å²) in [6, 6.07) is 11.6. The summed E-state index contributed by atoms with van der Waals surface area (Å²) < 4.78 is 42.0. The molecule has 0 saturated heterocycles. The monoisotopic (exact) mass is 500 g/mol. The molecule has 1 aromatic heterocycles. The van der Waals surface area contributed by atoms with Crippen LogP contribution >= 0.6 is 23.2 Å². The second-order valence-corrected chi connectivity index (χ2v) is 8.28. The van der Waals surface area contributed by atoms with Crippen LogP contribution in [0.5, 0.6) is 5.75 Å². The van der Waals surface area contributed by atoms with Gasteiger partial charge in [-0.25, -0.2) is 4.98 Å². The summed E-state index contributed by atoms with van der Waals surface area (Å²) in [4.78, 5) is 8.85. The van der Waals surface area contributed by atoms with E-state index in [9.17, 15) is 18.3 Å². The number of rotatable bonds is 8. The van der Waals surface area contributed by atoms with Crippen LogP contribution in [0.3, 0.4) is 0 Å². The Labute approximate surface area is 198 Å². The molecule has 2 aromatic carbocycles. The normalized spacial score (nSPS) is 12.5. The highest BCUT2D eigenvalue weighted by atomic mass is 35.5. The number of halogens is 5. The first-order valence-corrected chi connectivity index (χ1v) is 10.6. The van der Waals surface area contributed by atoms with Crippen LogP contribution in [0, 0.1) is 5.92 Å². The molecule has 6 nitrogen and oxygen atoms in total. The molecule has 0 fully saturated rings. The number of nitrogens with one attached hydrogen (secondary N) is 2. The van der Waals surface area contributed by atoms with Gasteiger partial charge in [0.25, 0.3) is 0 Å². The molecule has 0 aliphatic heterocycles. The van der Waals surface area contributed by atoms with Crippen molar-refractivity contribution < 1.29 is 23.0 Å². The van der Waals surface area contributed by atoms with E-state index in [4.69, 9.17) is 23.2 Å². The fourth-order valence-corrected chi connectivity index (χ4v) is 3.19. The average molecular weight is 501 g/mol. The Bertz CT molecular complexity index is 1110. The van der Waals surface area contributed by atoms with Crippen molar-refractivity contribution in [2.75, 3.05) is 17.2 Å². The lowest BCUT2D eigenvalue weighted by atomic mass is 10.1. The fraction of sp³-hybridized carbons (Fsp3) is 0.273. The van der Waals surface area contributed by atoms with Crippen LogP contribution in [0.1, 0.15) is 13.8 Å². The van der Waals surface area contributed by atoms with E-state index in [1.54, 1.807) is 30.3 Å². The van der Waals surface area contributed by atoms with Gasteiger partial charge in [-0.2, -0.15) is 4.98 Å². The number of aliphatic hydroxyl groups is 1. The number of aliphatic hydroxyl groups excluding tert-OH is 1. The summed E-state index contributed by atoms with van der Waals surface area (Å²) in [5.74, 6) is 0.230. The van der Waals surface area contributed by atoms with E-state index >= 15 is 0 Å². The minimum absolute atomic E-state index is 0.0669. The van der Waals surface area contributed by atoms with Gasteiger partial charge in [0.15, 0.2) is 0 Å². The molecule has 3 rings (SSSR count). The van der Waals surface area contributed by atoms with Crippen LogP contribution in [0.2, 0.25) is 10.0 Å². The van der Waals surface area contributed by atoms with Crippen LogP contribution in [0.15, 0.2) is 48.5 Å². The van der Waals surface area contributed by atoms with E-state index in [1.807, 2.05) is 13.8 Å². The van der Waals surface area contributed by atoms with Crippen LogP contribution in [0.25, 0.3) is 11.3 Å². The quantitative estimate of drug-likeness (QED) is 0.326. The summed E-state index contributed by atoms with van der Waals surface area (Å²) >= 11 is 12.0. The lowest BCUT2D eigenvalue weighted by molar-refractivity contribution is -0.274. The first-order chi connectivity index (χ1) is 15.5. The van der Waals surface area contributed by atoms with Crippen molar-refractivity contribution >= 4 is 40.7 Å². The maximum absolute atomic E-state index is 12.7. The molecule has 0 aliphatic carbocycles. The van der Waals surface area contributed by atoms with E-state index in [0.717, 1.165) is 0 Å². The third-order valence-electron chi connectivity index (χ3n) is 4.60. The number of aromatic nitrogens is 2. The van der Waals surface area contributed by atoms with Crippen molar-refractivity contribution in [1.29, 1.82) is 0 Å². The zero-order valence-electron chi connectivity index (χ0n) is 17.6. The summed E-state index contributed by atoms with van der Waals surface area (Å²) in [6.07, 6.45) is -4.82. The molecule has 3 aromatic rings. The zero-order valence-corrected chi connectivity index (χ0v) is 19.1. The Kier molecular flexibility index (Phi) is 7.88. The van der Waals surface area contributed by atoms with Gasteiger partial charge in [-0.3, -0.25) is 0 Å². The molecule has 3 N–H and O–H groups in total. The van der Waals surface area contributed by atoms with E-state index in [2.05, 4.69) is 25.3 Å². The third kappa shape index (κ3) is 7.12. The number of nitrogens with zero attached hydrogens (tertiary/aromatic N) is 2. The Balaban J connectivity index is 2.01. The molecule has 11 heteroatoms. The highest BCUT2D eigenvalue weighted by Gasteiger charge is 2.31. The van der Waals surface area contributed by atoms with Crippen LogP contribution in [0.4, 0.5) is 30.6 Å². The van der Waals surface area contributed by atoms with Gasteiger partial charge in [0.2, 0.25) is 5.95 Å². The van der Waals surface area contributed by atoms with Gasteiger partial charge in [0.1, 0.15) is 11.6 Å². The molecule has 0 saturated carbocycles. The van der Waals surface area contributed by atoms with Gasteiger partial charge >= 0.3 is 6.36 Å². The van der Waals surface area contributed by atoms with Crippen molar-refractivity contribution in [1.82, 2.24) is 9.97 Å². The Morgan fingerprint density at radius 3 is 2.42 bits per heavy atom. The second kappa shape index (κ2) is 10.5. The van der Waals surface area contributed by atoms with Crippen molar-refractivity contribution in [3.8, 4) is 17.0 Å². The molecule has 0 spiro atoms. The van der Waals surface area contributed by atoms with Gasteiger partial charge in [-0.15, -0.1) is 13.2 Å². The van der Waals surface area contributed by atoms with Crippen LogP contribution < -0.4 is 15.4 Å². The second-order valence-electron chi connectivity index (χ2n) is 7.47. The Hall–Kier alpha value is -2.75. The molecule has 1 heterocycles. The smallest absolute Gasteiger partial charge is 0.406 e. The summed E-state index contributed by atoms with van der Waals surface area (Å²) in [6.45, 7) is 3.69. The van der Waals surface area contributed by atoms with Crippen molar-refractivity contribution in [3.63, 3.8) is 0 Å². The van der Waals surface area contributed by atoms with Crippen molar-refractivity contribution in [3.05, 3.63) is 58.6 Å². The molecule has 0 radical (unpaired) electrons. The molecule has 0 amide bonds. The van der Waals surface area contributed by atoms with Gasteiger partial charge in [0, 0.05) is 17.3 Å². The van der Waals surface area contributed by atoms with Crippen LogP contribution in [-0.2, 0) is 0 Å². The van der Waals surface area contributed by atoms with Gasteiger partial charge in [-0.1, -0.05) is 49.2 Å². The molecule has 33 heavy (non-hydrogen) atoms. The maximum atomic E-state index is 12.7. The first-order valence-electron chi connectivity index (χ1n) is 9.89. The minimum atomic E-state index is -4.82. The summed E-state index contributed by atoms with van der Waals surface area (Å²) in [7, 11) is 0. The van der Waals surface area contributed by atoms with E-state index in [0.29, 0.717) is 32.8 Å². The van der Waals surface area contributed by atoms with E-state index in [1.165, 1.54) is 18.2 Å². The number of ether oxygens (including phenoxy) is 1. The van der Waals surface area contributed by atoms with Crippen molar-refractivity contribution in [2.45, 2.75) is 26.3 Å². The Morgan fingerprint density at radius 1 is 1.03 bits per heavy atom. The number of hydrogen-bond acceptors (Lipinski definition) is 6. The SMILES string of the molecule is CC(C)[C@H](CO)Nc1nc(Nc2ccc(Cl)c(Cl)c2)cc(-c2cccc(OC(F)(F)F)c2)n1. The van der Waals surface area contributed by atoms with E-state index < -0.39 is 6.36 Å². The molecule has 0 unspecified atom stereocenters. The highest BCUT2D eigenvalue weighted by Crippen LogP contribution is 2.31. The maximum Gasteiger partial charge on any atom is 0.573 e. The number of hydrogen-bond donors (Lipinski definition) is 3. The molecule has 0 bridgehead atoms. The van der Waals surface area contributed by atoms with Crippen LogP contribution in [-0.4, -0.2) is 34.1 Å². The number of benzene rings is 2. The largest absolute Gasteiger partial charge is 0.573 e. The highest BCUT2D eigenvalue weighted by molar-refractivity contribution is 6.42. The predicted molar refractivity (Wildman–Crippen MR) is 123 cm³/mol. The first kappa shape index (κ1) is 24.9. The lowest BCUT2D eigenvalue weighted by Crippen LogP contribution is -2.30. The predicted octanol–water partition coefficient (Wildman–Crippen LogP) is 6.52. The topological polar surface area (TPSA) is 79.3 Å². The third-order valence-corrected chi connectivity index (χ3v) is 5.34. The summed E-state index contributed by atoms with van der Waals surface area (Å²) in [5, 5.41) is 16.5. The standard InChI is InChI=1S/C22H21Cl2F3N4O2/c1-12(2)19(11-32)30-21-29-18(13-4-3-5-15(8-13)33-22(25,26)27)10-20(31-21)28-14-6-7-16(23)17(24)9-14/h3-10,12,19,32H,11H2,1-2H3,(H2,28,29,30,31)/t19-/m0/s1. The molecule has 1 atom stereocenters. The molecular formula is C22H21Cl2F3N4O2. The van der Waals surface area contributed by atoms with Gasteiger partial charge in [-0.05, 0) is 36.2 Å². The average Bonchev–Trinajstić information content (AvgIpc) is 2.73. The zero-order chi connectivity index (χ0) is 24.2. The summed E-state index contributed by atoms with van der Waals surface area (Å²) in [5.41, 5.74) is 1.31. The lowest BCUT2D eigenvalue weighted by Gasteiger charge is -2.21.